The molecular weight excluding hydrogens is 397 g/mol. The van der Waals surface area contributed by atoms with E-state index in [1.165, 1.54) is 41.7 Å². The van der Waals surface area contributed by atoms with Crippen LogP contribution in [0.5, 0.6) is 5.75 Å². The van der Waals surface area contributed by atoms with Gasteiger partial charge in [-0.2, -0.15) is 13.2 Å². The molecule has 0 bridgehead atoms. The van der Waals surface area contributed by atoms with Gasteiger partial charge in [-0.15, -0.1) is 0 Å². The molecule has 1 amide bonds. The summed E-state index contributed by atoms with van der Waals surface area (Å²) in [6.07, 6.45) is -4.18. The lowest BCUT2D eigenvalue weighted by Gasteiger charge is -2.19. The molecule has 2 aromatic carbocycles. The second-order valence-corrected chi connectivity index (χ2v) is 8.14. The lowest BCUT2D eigenvalue weighted by Crippen LogP contribution is -2.25. The molecule has 0 spiro atoms. The third-order valence-corrected chi connectivity index (χ3v) is 6.17. The minimum Gasteiger partial charge on any atom is -0.494 e. The Hall–Kier alpha value is -2.75. The highest BCUT2D eigenvalue weighted by molar-refractivity contribution is 7.93. The fraction of sp³-hybridized carbons (Fsp3) is 0.278. The number of rotatable bonds is 4. The van der Waals surface area contributed by atoms with Crippen LogP contribution in [-0.4, -0.2) is 33.7 Å². The zero-order valence-electron chi connectivity index (χ0n) is 14.8. The number of alkyl halides is 3. The molecule has 0 unspecified atom stereocenters. The van der Waals surface area contributed by atoms with E-state index >= 15 is 0 Å². The van der Waals surface area contributed by atoms with Gasteiger partial charge in [0.25, 0.3) is 5.91 Å². The second kappa shape index (κ2) is 7.34. The third-order valence-electron chi connectivity index (χ3n) is 4.30. The number of nitrogens with one attached hydrogen (secondary N) is 1. The summed E-state index contributed by atoms with van der Waals surface area (Å²) in [5, 5.41) is 2.40. The second-order valence-electron chi connectivity index (χ2n) is 6.12. The first-order valence-electron chi connectivity index (χ1n) is 8.29. The van der Waals surface area contributed by atoms with Crippen molar-refractivity contribution in [2.24, 2.45) is 0 Å². The van der Waals surface area contributed by atoms with Crippen molar-refractivity contribution >= 4 is 27.3 Å². The molecule has 0 saturated carbocycles. The topological polar surface area (TPSA) is 75.7 Å². The molecule has 1 N–H and O–H groups in total. The number of hydrogen-bond acceptors (Lipinski definition) is 4. The van der Waals surface area contributed by atoms with Gasteiger partial charge in [-0.3, -0.25) is 9.10 Å². The standard InChI is InChI=1S/C18H17F3N2O4S/c1-27-16-11-12(23-9-4-10-28(23,25)26)7-8-15(16)22-17(24)13-5-2-3-6-14(13)18(19,20)21/h2-3,5-8,11H,4,9-10H2,1H3,(H,22,24). The minimum absolute atomic E-state index is 0.0437. The minimum atomic E-state index is -4.67. The summed E-state index contributed by atoms with van der Waals surface area (Å²) in [5.74, 6) is -0.771. The number of carbonyl (C=O) groups is 1. The number of carbonyl (C=O) groups excluding carboxylic acids is 1. The van der Waals surface area contributed by atoms with E-state index < -0.39 is 33.2 Å². The SMILES string of the molecule is COc1cc(N2CCCS2(=O)=O)ccc1NC(=O)c1ccccc1C(F)(F)F. The van der Waals surface area contributed by atoms with E-state index in [9.17, 15) is 26.4 Å². The summed E-state index contributed by atoms with van der Waals surface area (Å²) in [6, 6.07) is 8.73. The Labute approximate surface area is 160 Å². The van der Waals surface area contributed by atoms with Crippen molar-refractivity contribution in [3.05, 3.63) is 53.6 Å². The Morgan fingerprint density at radius 1 is 1.18 bits per heavy atom. The molecule has 6 nitrogen and oxygen atoms in total. The van der Waals surface area contributed by atoms with Crippen molar-refractivity contribution in [2.75, 3.05) is 29.0 Å². The number of ether oxygens (including phenoxy) is 1. The van der Waals surface area contributed by atoms with Gasteiger partial charge in [0.05, 0.1) is 35.4 Å². The first-order chi connectivity index (χ1) is 13.1. The Morgan fingerprint density at radius 3 is 2.50 bits per heavy atom. The lowest BCUT2D eigenvalue weighted by molar-refractivity contribution is -0.137. The molecule has 1 heterocycles. The van der Waals surface area contributed by atoms with E-state index in [2.05, 4.69) is 5.32 Å². The van der Waals surface area contributed by atoms with Gasteiger partial charge in [0.2, 0.25) is 10.0 Å². The normalized spacial score (nSPS) is 16.1. The highest BCUT2D eigenvalue weighted by Gasteiger charge is 2.35. The lowest BCUT2D eigenvalue weighted by atomic mass is 10.1. The molecule has 1 aliphatic rings. The molecule has 10 heteroatoms. The summed E-state index contributed by atoms with van der Waals surface area (Å²) in [4.78, 5) is 12.4. The van der Waals surface area contributed by atoms with Crippen LogP contribution < -0.4 is 14.4 Å². The number of halogens is 3. The fourth-order valence-electron chi connectivity index (χ4n) is 2.99. The number of anilines is 2. The van der Waals surface area contributed by atoms with Gasteiger partial charge in [-0.25, -0.2) is 8.42 Å². The maximum absolute atomic E-state index is 13.1. The van der Waals surface area contributed by atoms with Crippen molar-refractivity contribution in [3.63, 3.8) is 0 Å². The monoisotopic (exact) mass is 414 g/mol. The number of sulfonamides is 1. The average Bonchev–Trinajstić information content (AvgIpc) is 3.00. The first-order valence-corrected chi connectivity index (χ1v) is 9.90. The zero-order valence-corrected chi connectivity index (χ0v) is 15.6. The van der Waals surface area contributed by atoms with Gasteiger partial charge in [-0.1, -0.05) is 12.1 Å². The molecular formula is C18H17F3N2O4S. The van der Waals surface area contributed by atoms with Crippen LogP contribution in [0.1, 0.15) is 22.3 Å². The average molecular weight is 414 g/mol. The maximum Gasteiger partial charge on any atom is 0.417 e. The largest absolute Gasteiger partial charge is 0.494 e. The van der Waals surface area contributed by atoms with Crippen molar-refractivity contribution in [1.29, 1.82) is 0 Å². The van der Waals surface area contributed by atoms with Gasteiger partial charge >= 0.3 is 6.18 Å². The number of nitrogens with zero attached hydrogens (tertiary/aromatic N) is 1. The van der Waals surface area contributed by atoms with E-state index in [4.69, 9.17) is 4.74 Å². The smallest absolute Gasteiger partial charge is 0.417 e. The van der Waals surface area contributed by atoms with Crippen LogP contribution >= 0.6 is 0 Å². The molecule has 1 aliphatic heterocycles. The van der Waals surface area contributed by atoms with E-state index in [-0.39, 0.29) is 17.2 Å². The summed E-state index contributed by atoms with van der Waals surface area (Å²) < 4.78 is 69.9. The van der Waals surface area contributed by atoms with Crippen LogP contribution in [0.15, 0.2) is 42.5 Å². The molecule has 0 radical (unpaired) electrons. The quantitative estimate of drug-likeness (QED) is 0.831. The van der Waals surface area contributed by atoms with Gasteiger partial charge in [-0.05, 0) is 30.7 Å². The molecule has 1 saturated heterocycles. The molecule has 3 rings (SSSR count). The van der Waals surface area contributed by atoms with E-state index in [1.54, 1.807) is 0 Å². The highest BCUT2D eigenvalue weighted by atomic mass is 32.2. The van der Waals surface area contributed by atoms with Crippen LogP contribution in [0.2, 0.25) is 0 Å². The number of benzene rings is 2. The van der Waals surface area contributed by atoms with Gasteiger partial charge in [0, 0.05) is 12.6 Å². The maximum atomic E-state index is 13.1. The summed E-state index contributed by atoms with van der Waals surface area (Å²) >= 11 is 0. The molecule has 0 aliphatic carbocycles. The predicted molar refractivity (Wildman–Crippen MR) is 98.1 cm³/mol. The predicted octanol–water partition coefficient (Wildman–Crippen LogP) is 3.51. The van der Waals surface area contributed by atoms with E-state index in [1.807, 2.05) is 0 Å². The van der Waals surface area contributed by atoms with Crippen molar-refractivity contribution in [2.45, 2.75) is 12.6 Å². The van der Waals surface area contributed by atoms with Crippen LogP contribution in [-0.2, 0) is 16.2 Å². The van der Waals surface area contributed by atoms with E-state index in [0.29, 0.717) is 18.7 Å². The van der Waals surface area contributed by atoms with Crippen molar-refractivity contribution < 1.29 is 31.1 Å². The molecule has 150 valence electrons. The number of methoxy groups -OCH3 is 1. The summed E-state index contributed by atoms with van der Waals surface area (Å²) in [7, 11) is -2.08. The molecule has 2 aromatic rings. The fourth-order valence-corrected chi connectivity index (χ4v) is 4.54. The highest BCUT2D eigenvalue weighted by Crippen LogP contribution is 2.35. The van der Waals surface area contributed by atoms with E-state index in [0.717, 1.165) is 12.1 Å². The Kier molecular flexibility index (Phi) is 5.24. The zero-order chi connectivity index (χ0) is 20.5. The van der Waals surface area contributed by atoms with Crippen molar-refractivity contribution in [3.8, 4) is 5.75 Å². The van der Waals surface area contributed by atoms with Gasteiger partial charge in [0.1, 0.15) is 5.75 Å². The van der Waals surface area contributed by atoms with Gasteiger partial charge in [0.15, 0.2) is 0 Å². The summed E-state index contributed by atoms with van der Waals surface area (Å²) in [5.41, 5.74) is -1.08. The first kappa shape index (κ1) is 20.0. The Morgan fingerprint density at radius 2 is 1.89 bits per heavy atom. The Bertz CT molecular complexity index is 1010. The summed E-state index contributed by atoms with van der Waals surface area (Å²) in [6.45, 7) is 0.330. The molecule has 28 heavy (non-hydrogen) atoms. The van der Waals surface area contributed by atoms with Crippen LogP contribution in [0.25, 0.3) is 0 Å². The molecule has 1 fully saturated rings. The van der Waals surface area contributed by atoms with Gasteiger partial charge < -0.3 is 10.1 Å². The van der Waals surface area contributed by atoms with Crippen LogP contribution in [0.4, 0.5) is 24.5 Å². The molecule has 0 atom stereocenters. The number of hydrogen-bond donors (Lipinski definition) is 1. The van der Waals surface area contributed by atoms with Crippen molar-refractivity contribution in [1.82, 2.24) is 0 Å². The van der Waals surface area contributed by atoms with Crippen LogP contribution in [0, 0.1) is 0 Å². The Balaban J connectivity index is 1.90. The van der Waals surface area contributed by atoms with Crippen LogP contribution in [0.3, 0.4) is 0 Å². The molecule has 0 aromatic heterocycles. The third kappa shape index (κ3) is 3.91. The number of amides is 1.